The summed E-state index contributed by atoms with van der Waals surface area (Å²) in [4.78, 5) is 36.6. The van der Waals surface area contributed by atoms with E-state index in [9.17, 15) is 39.6 Å². The van der Waals surface area contributed by atoms with E-state index in [0.29, 0.717) is 5.56 Å². The zero-order chi connectivity index (χ0) is 29.8. The van der Waals surface area contributed by atoms with Gasteiger partial charge >= 0.3 is 12.1 Å². The first-order valence-electron chi connectivity index (χ1n) is 11.7. The van der Waals surface area contributed by atoms with Gasteiger partial charge in [0.1, 0.15) is 16.4 Å². The van der Waals surface area contributed by atoms with Crippen molar-refractivity contribution < 1.29 is 53.8 Å². The quantitative estimate of drug-likeness (QED) is 0.101. The Labute approximate surface area is 230 Å². The second-order valence-corrected chi connectivity index (χ2v) is 13.8. The highest BCUT2D eigenvalue weighted by Crippen LogP contribution is 2.30. The molecule has 0 aliphatic carbocycles. The molecule has 3 N–H and O–H groups in total. The summed E-state index contributed by atoms with van der Waals surface area (Å²) in [5.41, 5.74) is 6.51. The van der Waals surface area contributed by atoms with Crippen LogP contribution in [0.5, 0.6) is 0 Å². The number of carbonyl (C=O) groups is 3. The Morgan fingerprint density at radius 1 is 1.05 bits per heavy atom. The summed E-state index contributed by atoms with van der Waals surface area (Å²) >= 11 is 0. The predicted octanol–water partition coefficient (Wildman–Crippen LogP) is -0.905. The first-order valence-corrected chi connectivity index (χ1v) is 16.1. The van der Waals surface area contributed by atoms with Crippen molar-refractivity contribution in [3.05, 3.63) is 35.9 Å². The van der Waals surface area contributed by atoms with E-state index in [4.69, 9.17) is 10.5 Å². The highest BCUT2D eigenvalue weighted by atomic mass is 32.2. The van der Waals surface area contributed by atoms with Crippen molar-refractivity contribution in [2.24, 2.45) is 11.7 Å². The van der Waals surface area contributed by atoms with Crippen LogP contribution in [-0.2, 0) is 61.5 Å². The number of thiol groups is 2. The largest absolute Gasteiger partial charge is 0.511 e. The van der Waals surface area contributed by atoms with Crippen LogP contribution >= 0.6 is 0 Å². The van der Waals surface area contributed by atoms with Crippen molar-refractivity contribution in [3.8, 4) is 0 Å². The van der Waals surface area contributed by atoms with E-state index in [1.54, 1.807) is 37.3 Å². The SMILES string of the molecule is CCOC(=O)OC(C)OC(=O)CNC(=O)C(Cc1ccccc1)CC(C(N)CCS(C)(=O)=O)([SH](=O)=O)[SH](=O)=O. The van der Waals surface area contributed by atoms with Crippen molar-refractivity contribution in [3.63, 3.8) is 0 Å². The molecule has 0 spiro atoms. The second-order valence-electron chi connectivity index (χ2n) is 8.58. The number of hydrogen-bond donors (Lipinski definition) is 4. The van der Waals surface area contributed by atoms with Crippen molar-refractivity contribution in [1.29, 1.82) is 0 Å². The minimum Gasteiger partial charge on any atom is -0.435 e. The lowest BCUT2D eigenvalue weighted by Gasteiger charge is -2.31. The van der Waals surface area contributed by atoms with Gasteiger partial charge in [-0.25, -0.2) is 30.0 Å². The van der Waals surface area contributed by atoms with Crippen LogP contribution < -0.4 is 11.1 Å². The number of nitrogens with one attached hydrogen (secondary N) is 1. The van der Waals surface area contributed by atoms with Gasteiger partial charge in [0.05, 0.1) is 12.4 Å². The van der Waals surface area contributed by atoms with Crippen LogP contribution in [-0.4, -0.2) is 84.9 Å². The lowest BCUT2D eigenvalue weighted by molar-refractivity contribution is -0.167. The van der Waals surface area contributed by atoms with Crippen molar-refractivity contribution >= 4 is 49.3 Å². The van der Waals surface area contributed by atoms with Gasteiger partial charge in [0.2, 0.25) is 12.2 Å². The predicted molar refractivity (Wildman–Crippen MR) is 141 cm³/mol. The molecule has 0 saturated carbocycles. The summed E-state index contributed by atoms with van der Waals surface area (Å²) < 4.78 is 83.9. The van der Waals surface area contributed by atoms with E-state index in [1.807, 2.05) is 0 Å². The van der Waals surface area contributed by atoms with Gasteiger partial charge in [0.15, 0.2) is 25.5 Å². The van der Waals surface area contributed by atoms with Gasteiger partial charge in [-0.1, -0.05) is 30.3 Å². The van der Waals surface area contributed by atoms with Crippen LogP contribution in [0.25, 0.3) is 0 Å². The van der Waals surface area contributed by atoms with Crippen LogP contribution in [0.1, 0.15) is 32.3 Å². The Morgan fingerprint density at radius 3 is 2.15 bits per heavy atom. The molecule has 222 valence electrons. The molecule has 0 aromatic heterocycles. The minimum absolute atomic E-state index is 0.0294. The third-order valence-corrected chi connectivity index (χ3v) is 9.75. The Morgan fingerprint density at radius 2 is 1.64 bits per heavy atom. The van der Waals surface area contributed by atoms with E-state index in [2.05, 4.69) is 14.8 Å². The second kappa shape index (κ2) is 15.7. The number of hydrogen-bond acceptors (Lipinski definition) is 13. The lowest BCUT2D eigenvalue weighted by atomic mass is 9.91. The number of ether oxygens (including phenoxy) is 3. The number of sulfone groups is 1. The molecule has 0 radical (unpaired) electrons. The summed E-state index contributed by atoms with van der Waals surface area (Å²) in [7, 11) is -11.2. The molecule has 0 bridgehead atoms. The molecule has 0 saturated heterocycles. The molecular formula is C22H34N2O12S3. The van der Waals surface area contributed by atoms with E-state index < -0.39 is 96.7 Å². The fourth-order valence-corrected chi connectivity index (χ4v) is 6.32. The molecule has 0 fully saturated rings. The summed E-state index contributed by atoms with van der Waals surface area (Å²) in [6.45, 7) is 2.08. The first-order chi connectivity index (χ1) is 18.1. The van der Waals surface area contributed by atoms with Crippen LogP contribution in [0.3, 0.4) is 0 Å². The molecule has 39 heavy (non-hydrogen) atoms. The van der Waals surface area contributed by atoms with E-state index in [-0.39, 0.29) is 13.0 Å². The third kappa shape index (κ3) is 11.5. The van der Waals surface area contributed by atoms with Crippen LogP contribution in [0.2, 0.25) is 0 Å². The number of benzene rings is 1. The topological polar surface area (TPSA) is 219 Å². The van der Waals surface area contributed by atoms with Crippen molar-refractivity contribution in [2.45, 2.75) is 49.5 Å². The Balaban J connectivity index is 3.18. The van der Waals surface area contributed by atoms with E-state index in [1.165, 1.54) is 6.92 Å². The molecular weight excluding hydrogens is 580 g/mol. The molecule has 1 aromatic rings. The molecule has 17 heteroatoms. The molecule has 14 nitrogen and oxygen atoms in total. The average Bonchev–Trinajstić information content (AvgIpc) is 2.83. The van der Waals surface area contributed by atoms with Crippen LogP contribution in [0.15, 0.2) is 30.3 Å². The van der Waals surface area contributed by atoms with Gasteiger partial charge in [-0.3, -0.25) is 9.59 Å². The summed E-state index contributed by atoms with van der Waals surface area (Å²) in [6.07, 6.45) is -2.95. The molecule has 0 aliphatic rings. The Bertz CT molecular complexity index is 1210. The molecule has 3 atom stereocenters. The number of esters is 1. The maximum Gasteiger partial charge on any atom is 0.511 e. The molecule has 0 aliphatic heterocycles. The van der Waals surface area contributed by atoms with Gasteiger partial charge in [-0.05, 0) is 31.7 Å². The number of rotatable bonds is 16. The third-order valence-electron chi connectivity index (χ3n) is 5.50. The zero-order valence-electron chi connectivity index (χ0n) is 21.6. The van der Waals surface area contributed by atoms with Gasteiger partial charge in [-0.15, -0.1) is 0 Å². The summed E-state index contributed by atoms with van der Waals surface area (Å²) in [6, 6.07) is 6.60. The highest BCUT2D eigenvalue weighted by Gasteiger charge is 2.47. The molecule has 1 aromatic carbocycles. The first kappa shape index (κ1) is 34.3. The number of amides is 1. The van der Waals surface area contributed by atoms with Gasteiger partial charge in [0.25, 0.3) is 0 Å². The lowest BCUT2D eigenvalue weighted by Crippen LogP contribution is -2.54. The zero-order valence-corrected chi connectivity index (χ0v) is 24.2. The molecule has 3 unspecified atom stereocenters. The maximum atomic E-state index is 13.1. The smallest absolute Gasteiger partial charge is 0.435 e. The normalized spacial score (nSPS) is 14.3. The highest BCUT2D eigenvalue weighted by molar-refractivity contribution is 7.93. The van der Waals surface area contributed by atoms with Gasteiger partial charge in [0, 0.05) is 25.1 Å². The maximum absolute atomic E-state index is 13.1. The van der Waals surface area contributed by atoms with Crippen molar-refractivity contribution in [1.82, 2.24) is 5.32 Å². The fourth-order valence-electron chi connectivity index (χ4n) is 3.57. The van der Waals surface area contributed by atoms with Gasteiger partial charge < -0.3 is 25.3 Å². The monoisotopic (exact) mass is 614 g/mol. The van der Waals surface area contributed by atoms with E-state index >= 15 is 0 Å². The summed E-state index contributed by atoms with van der Waals surface area (Å²) in [5.74, 6) is -3.79. The average molecular weight is 615 g/mol. The van der Waals surface area contributed by atoms with Crippen LogP contribution in [0, 0.1) is 5.92 Å². The van der Waals surface area contributed by atoms with E-state index in [0.717, 1.165) is 6.26 Å². The summed E-state index contributed by atoms with van der Waals surface area (Å²) in [5, 5.41) is 2.27. The molecule has 1 rings (SSSR count). The minimum atomic E-state index is -3.80. The molecule has 1 amide bonds. The Kier molecular flexibility index (Phi) is 13.8. The Hall–Kier alpha value is -2.76. The molecule has 0 heterocycles. The van der Waals surface area contributed by atoms with Crippen molar-refractivity contribution in [2.75, 3.05) is 25.2 Å². The number of carbonyl (C=O) groups excluding carboxylic acids is 3. The standard InChI is InChI=1S/C22H34N2O12S3/c1-4-34-21(27)36-15(2)35-19(25)14-24-20(26)17(12-16-8-6-5-7-9-16)13-22(37(28)29,38(30)31)18(23)10-11-39(3,32)33/h5-9,15,17-18,37-38H,4,10-14,23H2,1-3H3,(H,24,26). The number of nitrogens with two attached hydrogens (primary N) is 1. The fraction of sp³-hybridized carbons (Fsp3) is 0.591. The van der Waals surface area contributed by atoms with Gasteiger partial charge in [-0.2, -0.15) is 0 Å². The van der Waals surface area contributed by atoms with Crippen LogP contribution in [0.4, 0.5) is 4.79 Å².